The first-order valence-electron chi connectivity index (χ1n) is 7.04. The molecule has 1 amide bonds. The Balaban J connectivity index is 2.18. The zero-order valence-corrected chi connectivity index (χ0v) is 11.7. The quantitative estimate of drug-likeness (QED) is 0.828. The van der Waals surface area contributed by atoms with Gasteiger partial charge in [-0.2, -0.15) is 0 Å². The number of hydrogen-bond donors (Lipinski definition) is 2. The molecule has 0 aliphatic carbocycles. The topological polar surface area (TPSA) is 77.8 Å². The lowest BCUT2D eigenvalue weighted by Gasteiger charge is -2.34. The number of likely N-dealkylation sites (tertiary alicyclic amines) is 1. The van der Waals surface area contributed by atoms with Gasteiger partial charge < -0.3 is 15.1 Å². The normalized spacial score (nSPS) is 18.9. The molecule has 1 heterocycles. The maximum atomic E-state index is 12.5. The molecule has 1 saturated heterocycles. The van der Waals surface area contributed by atoms with Gasteiger partial charge in [-0.1, -0.05) is 12.1 Å². The van der Waals surface area contributed by atoms with E-state index in [9.17, 15) is 14.7 Å². The van der Waals surface area contributed by atoms with E-state index < -0.39 is 5.97 Å². The molecular formula is C16H19NO4. The first-order valence-corrected chi connectivity index (χ1v) is 7.04. The lowest BCUT2D eigenvalue weighted by Crippen LogP contribution is -2.45. The second-order valence-corrected chi connectivity index (χ2v) is 5.13. The molecule has 1 aromatic rings. The van der Waals surface area contributed by atoms with Gasteiger partial charge in [0.15, 0.2) is 0 Å². The maximum Gasteiger partial charge on any atom is 0.328 e. The average molecular weight is 289 g/mol. The van der Waals surface area contributed by atoms with Crippen molar-refractivity contribution in [3.63, 3.8) is 0 Å². The van der Waals surface area contributed by atoms with Crippen LogP contribution in [0.25, 0.3) is 6.08 Å². The first kappa shape index (κ1) is 15.3. The molecule has 2 rings (SSSR count). The number of aliphatic hydroxyl groups is 1. The molecule has 5 heteroatoms. The van der Waals surface area contributed by atoms with Crippen LogP contribution in [-0.4, -0.2) is 46.2 Å². The molecule has 1 aromatic carbocycles. The van der Waals surface area contributed by atoms with E-state index in [1.807, 2.05) is 0 Å². The highest BCUT2D eigenvalue weighted by atomic mass is 16.4. The second kappa shape index (κ2) is 7.04. The zero-order valence-electron chi connectivity index (χ0n) is 11.7. The third kappa shape index (κ3) is 3.92. The lowest BCUT2D eigenvalue weighted by molar-refractivity contribution is -0.131. The molecule has 1 unspecified atom stereocenters. The Hall–Kier alpha value is -2.14. The summed E-state index contributed by atoms with van der Waals surface area (Å²) in [5.74, 6) is -1.14. The molecule has 0 aromatic heterocycles. The van der Waals surface area contributed by atoms with Crippen LogP contribution in [0.2, 0.25) is 0 Å². The Labute approximate surface area is 123 Å². The van der Waals surface area contributed by atoms with Crippen LogP contribution < -0.4 is 0 Å². The number of carboxylic acids is 1. The number of carbonyl (C=O) groups is 2. The number of carbonyl (C=O) groups excluding carboxylic acids is 1. The Morgan fingerprint density at radius 2 is 2.14 bits per heavy atom. The van der Waals surface area contributed by atoms with Crippen molar-refractivity contribution >= 4 is 18.0 Å². The number of piperidine rings is 1. The van der Waals surface area contributed by atoms with Crippen molar-refractivity contribution < 1.29 is 19.8 Å². The van der Waals surface area contributed by atoms with Crippen molar-refractivity contribution in [2.45, 2.75) is 25.3 Å². The molecule has 112 valence electrons. The summed E-state index contributed by atoms with van der Waals surface area (Å²) in [6.45, 7) is 0.629. The average Bonchev–Trinajstić information content (AvgIpc) is 2.52. The number of aliphatic hydroxyl groups excluding tert-OH is 1. The minimum atomic E-state index is -1.02. The SMILES string of the molecule is O=C(O)C=Cc1cccc(C(=O)N2CCCCC2CO)c1. The fraction of sp³-hybridized carbons (Fsp3) is 0.375. The van der Waals surface area contributed by atoms with E-state index in [-0.39, 0.29) is 18.6 Å². The highest BCUT2D eigenvalue weighted by molar-refractivity contribution is 5.95. The van der Waals surface area contributed by atoms with Crippen LogP contribution in [-0.2, 0) is 4.79 Å². The third-order valence-corrected chi connectivity index (χ3v) is 3.65. The highest BCUT2D eigenvalue weighted by Crippen LogP contribution is 2.20. The van der Waals surface area contributed by atoms with Gasteiger partial charge in [0.25, 0.3) is 5.91 Å². The van der Waals surface area contributed by atoms with E-state index in [1.165, 1.54) is 6.08 Å². The number of nitrogens with zero attached hydrogens (tertiary/aromatic N) is 1. The van der Waals surface area contributed by atoms with E-state index >= 15 is 0 Å². The zero-order chi connectivity index (χ0) is 15.2. The minimum absolute atomic E-state index is 0.0235. The van der Waals surface area contributed by atoms with Crippen LogP contribution in [0.4, 0.5) is 0 Å². The fourth-order valence-corrected chi connectivity index (χ4v) is 2.57. The molecule has 2 N–H and O–H groups in total. The van der Waals surface area contributed by atoms with Crippen molar-refractivity contribution in [2.24, 2.45) is 0 Å². The number of carboxylic acid groups (broad SMARTS) is 1. The Morgan fingerprint density at radius 3 is 2.86 bits per heavy atom. The van der Waals surface area contributed by atoms with Crippen LogP contribution >= 0.6 is 0 Å². The van der Waals surface area contributed by atoms with Crippen molar-refractivity contribution in [3.8, 4) is 0 Å². The molecule has 1 aliphatic rings. The minimum Gasteiger partial charge on any atom is -0.478 e. The Bertz CT molecular complexity index is 553. The van der Waals surface area contributed by atoms with Gasteiger partial charge in [-0.15, -0.1) is 0 Å². The number of aliphatic carboxylic acids is 1. The van der Waals surface area contributed by atoms with Crippen molar-refractivity contribution in [1.29, 1.82) is 0 Å². The summed E-state index contributed by atoms with van der Waals surface area (Å²) >= 11 is 0. The molecule has 21 heavy (non-hydrogen) atoms. The van der Waals surface area contributed by atoms with Crippen molar-refractivity contribution in [2.75, 3.05) is 13.2 Å². The monoisotopic (exact) mass is 289 g/mol. The maximum absolute atomic E-state index is 12.5. The van der Waals surface area contributed by atoms with Crippen LogP contribution in [0.1, 0.15) is 35.2 Å². The fourth-order valence-electron chi connectivity index (χ4n) is 2.57. The summed E-state index contributed by atoms with van der Waals surface area (Å²) in [4.78, 5) is 24.8. The largest absolute Gasteiger partial charge is 0.478 e. The van der Waals surface area contributed by atoms with Gasteiger partial charge in [0.2, 0.25) is 0 Å². The molecule has 0 bridgehead atoms. The highest BCUT2D eigenvalue weighted by Gasteiger charge is 2.26. The van der Waals surface area contributed by atoms with E-state index in [0.29, 0.717) is 17.7 Å². The molecule has 0 spiro atoms. The van der Waals surface area contributed by atoms with Crippen molar-refractivity contribution in [3.05, 3.63) is 41.5 Å². The second-order valence-electron chi connectivity index (χ2n) is 5.13. The van der Waals surface area contributed by atoms with Gasteiger partial charge in [0.1, 0.15) is 0 Å². The summed E-state index contributed by atoms with van der Waals surface area (Å²) in [5.41, 5.74) is 1.18. The molecule has 0 saturated carbocycles. The van der Waals surface area contributed by atoms with E-state index in [1.54, 1.807) is 29.2 Å². The summed E-state index contributed by atoms with van der Waals surface area (Å²) in [7, 11) is 0. The number of benzene rings is 1. The van der Waals surface area contributed by atoms with Crippen LogP contribution in [0.15, 0.2) is 30.3 Å². The van der Waals surface area contributed by atoms with Gasteiger partial charge in [-0.25, -0.2) is 4.79 Å². The molecular weight excluding hydrogens is 270 g/mol. The predicted octanol–water partition coefficient (Wildman–Crippen LogP) is 1.77. The Morgan fingerprint density at radius 1 is 1.33 bits per heavy atom. The summed E-state index contributed by atoms with van der Waals surface area (Å²) in [5, 5.41) is 18.0. The van der Waals surface area contributed by atoms with Gasteiger partial charge >= 0.3 is 5.97 Å². The third-order valence-electron chi connectivity index (χ3n) is 3.65. The van der Waals surface area contributed by atoms with Crippen LogP contribution in [0, 0.1) is 0 Å². The summed E-state index contributed by atoms with van der Waals surface area (Å²) in [6.07, 6.45) is 5.29. The standard InChI is InChI=1S/C16H19NO4/c18-11-14-6-1-2-9-17(14)16(21)13-5-3-4-12(10-13)7-8-15(19)20/h3-5,7-8,10,14,18H,1-2,6,9,11H2,(H,19,20). The van der Waals surface area contributed by atoms with Crippen LogP contribution in [0.5, 0.6) is 0 Å². The number of rotatable bonds is 4. The van der Waals surface area contributed by atoms with E-state index in [2.05, 4.69) is 0 Å². The van der Waals surface area contributed by atoms with E-state index in [4.69, 9.17) is 5.11 Å². The molecule has 5 nitrogen and oxygen atoms in total. The molecule has 1 fully saturated rings. The molecule has 1 aliphatic heterocycles. The summed E-state index contributed by atoms with van der Waals surface area (Å²) in [6, 6.07) is 6.74. The van der Waals surface area contributed by atoms with Gasteiger partial charge in [-0.3, -0.25) is 4.79 Å². The Kier molecular flexibility index (Phi) is 5.11. The predicted molar refractivity (Wildman–Crippen MR) is 78.9 cm³/mol. The van der Waals surface area contributed by atoms with Gasteiger partial charge in [0, 0.05) is 18.2 Å². The number of hydrogen-bond acceptors (Lipinski definition) is 3. The lowest BCUT2D eigenvalue weighted by atomic mass is 10.0. The smallest absolute Gasteiger partial charge is 0.328 e. The molecule has 1 atom stereocenters. The summed E-state index contributed by atoms with van der Waals surface area (Å²) < 4.78 is 0. The van der Waals surface area contributed by atoms with Crippen LogP contribution in [0.3, 0.4) is 0 Å². The number of amides is 1. The molecule has 0 radical (unpaired) electrons. The first-order chi connectivity index (χ1) is 10.1. The van der Waals surface area contributed by atoms with Crippen molar-refractivity contribution in [1.82, 2.24) is 4.90 Å². The van der Waals surface area contributed by atoms with Gasteiger partial charge in [-0.05, 0) is 43.0 Å². The van der Waals surface area contributed by atoms with Gasteiger partial charge in [0.05, 0.1) is 12.6 Å². The van der Waals surface area contributed by atoms with E-state index in [0.717, 1.165) is 25.3 Å².